The number of hydrogen-bond donors (Lipinski definition) is 1. The van der Waals surface area contributed by atoms with Gasteiger partial charge in [-0.1, -0.05) is 6.07 Å². The predicted molar refractivity (Wildman–Crippen MR) is 75.2 cm³/mol. The van der Waals surface area contributed by atoms with E-state index < -0.39 is 0 Å². The fraction of sp³-hybridized carbons (Fsp3) is 0.429. The van der Waals surface area contributed by atoms with Gasteiger partial charge in [-0.25, -0.2) is 0 Å². The van der Waals surface area contributed by atoms with Crippen LogP contribution in [-0.2, 0) is 4.74 Å². The predicted octanol–water partition coefficient (Wildman–Crippen LogP) is 1.81. The van der Waals surface area contributed by atoms with Gasteiger partial charge >= 0.3 is 0 Å². The number of nitrogens with one attached hydrogen (secondary N) is 1. The van der Waals surface area contributed by atoms with E-state index in [1.807, 2.05) is 17.8 Å². The van der Waals surface area contributed by atoms with Crippen LogP contribution in [0.4, 0.5) is 0 Å². The Balaban J connectivity index is 1.99. The van der Waals surface area contributed by atoms with Crippen molar-refractivity contribution in [2.75, 3.05) is 25.2 Å². The molecule has 1 aliphatic rings. The first-order valence-electron chi connectivity index (χ1n) is 6.10. The summed E-state index contributed by atoms with van der Waals surface area (Å²) in [6.07, 6.45) is 0.951. The maximum atomic E-state index is 12.0. The van der Waals surface area contributed by atoms with Gasteiger partial charge in [0.25, 0.3) is 5.91 Å². The Bertz CT molecular complexity index is 504. The summed E-state index contributed by atoms with van der Waals surface area (Å²) in [5.41, 5.74) is 0.758. The number of hydrogen-bond acceptors (Lipinski definition) is 4. The molecule has 1 N–H and O–H groups in total. The number of carbonyl (C=O) groups is 1. The van der Waals surface area contributed by atoms with Gasteiger partial charge in [0.05, 0.1) is 17.2 Å². The van der Waals surface area contributed by atoms with Gasteiger partial charge in [-0.2, -0.15) is 17.0 Å². The van der Waals surface area contributed by atoms with Crippen LogP contribution in [0.1, 0.15) is 22.3 Å². The Morgan fingerprint density at radius 1 is 1.63 bits per heavy atom. The van der Waals surface area contributed by atoms with Crippen LogP contribution in [0.5, 0.6) is 0 Å². The smallest absolute Gasteiger partial charge is 0.251 e. The maximum Gasteiger partial charge on any atom is 0.251 e. The summed E-state index contributed by atoms with van der Waals surface area (Å²) in [4.78, 5) is 12.0. The van der Waals surface area contributed by atoms with Crippen LogP contribution >= 0.6 is 11.8 Å². The molecule has 2 rings (SSSR count). The Morgan fingerprint density at radius 3 is 3.11 bits per heavy atom. The van der Waals surface area contributed by atoms with E-state index >= 15 is 0 Å². The first kappa shape index (κ1) is 13.9. The molecule has 19 heavy (non-hydrogen) atoms. The number of methoxy groups -OCH3 is 1. The number of amides is 1. The minimum absolute atomic E-state index is 0.162. The zero-order valence-corrected chi connectivity index (χ0v) is 11.6. The van der Waals surface area contributed by atoms with Gasteiger partial charge < -0.3 is 10.1 Å². The van der Waals surface area contributed by atoms with E-state index in [0.717, 1.165) is 17.9 Å². The van der Waals surface area contributed by atoms with Gasteiger partial charge in [0, 0.05) is 25.0 Å². The molecule has 0 bridgehead atoms. The van der Waals surface area contributed by atoms with Gasteiger partial charge in [0.15, 0.2) is 0 Å². The summed E-state index contributed by atoms with van der Waals surface area (Å²) in [6.45, 7) is 0.506. The standard InChI is InChI=1S/C14H16N2O2S/c1-18-14(5-6-19-10-14)9-16-13(17)12-4-2-3-11(7-12)8-15/h2-4,7H,5-6,9-10H2,1H3,(H,16,17)/t14-/m0/s1. The molecule has 1 heterocycles. The molecular formula is C14H16N2O2S. The monoisotopic (exact) mass is 276 g/mol. The van der Waals surface area contributed by atoms with Gasteiger partial charge in [0.1, 0.15) is 0 Å². The summed E-state index contributed by atoms with van der Waals surface area (Å²) < 4.78 is 5.54. The third-order valence-electron chi connectivity index (χ3n) is 3.33. The molecule has 1 aromatic carbocycles. The van der Waals surface area contributed by atoms with E-state index in [0.29, 0.717) is 17.7 Å². The Hall–Kier alpha value is -1.51. The minimum Gasteiger partial charge on any atom is -0.376 e. The lowest BCUT2D eigenvalue weighted by molar-refractivity contribution is 0.0137. The van der Waals surface area contributed by atoms with Crippen LogP contribution in [-0.4, -0.2) is 36.7 Å². The molecule has 0 saturated carbocycles. The number of carbonyl (C=O) groups excluding carboxylic acids is 1. The lowest BCUT2D eigenvalue weighted by atomic mass is 10.0. The van der Waals surface area contributed by atoms with Crippen molar-refractivity contribution >= 4 is 17.7 Å². The van der Waals surface area contributed by atoms with Crippen molar-refractivity contribution in [1.29, 1.82) is 5.26 Å². The Labute approximate surface area is 117 Å². The number of thioether (sulfide) groups is 1. The molecule has 0 unspecified atom stereocenters. The van der Waals surface area contributed by atoms with Crippen molar-refractivity contribution in [1.82, 2.24) is 5.32 Å². The van der Waals surface area contributed by atoms with Crippen molar-refractivity contribution < 1.29 is 9.53 Å². The Kier molecular flexibility index (Phi) is 4.46. The summed E-state index contributed by atoms with van der Waals surface area (Å²) in [6, 6.07) is 8.73. The summed E-state index contributed by atoms with van der Waals surface area (Å²) in [5.74, 6) is 1.81. The molecule has 1 saturated heterocycles. The van der Waals surface area contributed by atoms with E-state index in [-0.39, 0.29) is 11.5 Å². The van der Waals surface area contributed by atoms with Crippen molar-refractivity contribution in [2.24, 2.45) is 0 Å². The average Bonchev–Trinajstić information content (AvgIpc) is 2.94. The summed E-state index contributed by atoms with van der Waals surface area (Å²) in [5, 5.41) is 11.7. The van der Waals surface area contributed by atoms with Crippen LogP contribution in [0.25, 0.3) is 0 Å². The summed E-state index contributed by atoms with van der Waals surface area (Å²) >= 11 is 1.84. The van der Waals surface area contributed by atoms with Crippen molar-refractivity contribution in [3.63, 3.8) is 0 Å². The highest BCUT2D eigenvalue weighted by molar-refractivity contribution is 7.99. The fourth-order valence-electron chi connectivity index (χ4n) is 2.03. The molecule has 4 nitrogen and oxygen atoms in total. The van der Waals surface area contributed by atoms with Gasteiger partial charge in [0.2, 0.25) is 0 Å². The number of ether oxygens (including phenoxy) is 1. The van der Waals surface area contributed by atoms with Crippen LogP contribution in [0, 0.1) is 11.3 Å². The first-order valence-corrected chi connectivity index (χ1v) is 7.26. The molecule has 1 aliphatic heterocycles. The van der Waals surface area contributed by atoms with Crippen molar-refractivity contribution in [3.05, 3.63) is 35.4 Å². The quantitative estimate of drug-likeness (QED) is 0.911. The highest BCUT2D eigenvalue weighted by Gasteiger charge is 2.34. The van der Waals surface area contributed by atoms with E-state index in [1.165, 1.54) is 0 Å². The van der Waals surface area contributed by atoms with Gasteiger partial charge in [-0.3, -0.25) is 4.79 Å². The van der Waals surface area contributed by atoms with Crippen molar-refractivity contribution in [3.8, 4) is 6.07 Å². The lowest BCUT2D eigenvalue weighted by Crippen LogP contribution is -2.44. The molecule has 1 aromatic rings. The first-order chi connectivity index (χ1) is 9.19. The van der Waals surface area contributed by atoms with Gasteiger partial charge in [-0.05, 0) is 30.4 Å². The summed E-state index contributed by atoms with van der Waals surface area (Å²) in [7, 11) is 1.69. The number of nitriles is 1. The molecular weight excluding hydrogens is 260 g/mol. The third kappa shape index (κ3) is 3.28. The normalized spacial score (nSPS) is 21.9. The number of benzene rings is 1. The number of rotatable bonds is 4. The largest absolute Gasteiger partial charge is 0.376 e. The fourth-order valence-corrected chi connectivity index (χ4v) is 3.43. The topological polar surface area (TPSA) is 62.1 Å². The zero-order valence-electron chi connectivity index (χ0n) is 10.8. The second kappa shape index (κ2) is 6.09. The Morgan fingerprint density at radius 2 is 2.47 bits per heavy atom. The van der Waals surface area contributed by atoms with E-state index in [9.17, 15) is 4.79 Å². The van der Waals surface area contributed by atoms with Crippen molar-refractivity contribution in [2.45, 2.75) is 12.0 Å². The third-order valence-corrected chi connectivity index (χ3v) is 4.55. The molecule has 0 aliphatic carbocycles. The van der Waals surface area contributed by atoms with Crippen LogP contribution < -0.4 is 5.32 Å². The SMILES string of the molecule is CO[C@]1(CNC(=O)c2cccc(C#N)c2)CCSC1. The molecule has 0 radical (unpaired) electrons. The molecule has 1 fully saturated rings. The maximum absolute atomic E-state index is 12.0. The lowest BCUT2D eigenvalue weighted by Gasteiger charge is -2.26. The molecule has 0 spiro atoms. The molecule has 0 aromatic heterocycles. The highest BCUT2D eigenvalue weighted by atomic mass is 32.2. The zero-order chi connectivity index (χ0) is 13.7. The van der Waals surface area contributed by atoms with Crippen LogP contribution in [0.3, 0.4) is 0 Å². The second-order valence-electron chi connectivity index (χ2n) is 4.57. The van der Waals surface area contributed by atoms with Gasteiger partial charge in [-0.15, -0.1) is 0 Å². The highest BCUT2D eigenvalue weighted by Crippen LogP contribution is 2.30. The second-order valence-corrected chi connectivity index (χ2v) is 5.67. The average molecular weight is 276 g/mol. The van der Waals surface area contributed by atoms with E-state index in [2.05, 4.69) is 5.32 Å². The minimum atomic E-state index is -0.243. The van der Waals surface area contributed by atoms with E-state index in [1.54, 1.807) is 31.4 Å². The molecule has 1 amide bonds. The molecule has 5 heteroatoms. The number of nitrogens with zero attached hydrogens (tertiary/aromatic N) is 1. The van der Waals surface area contributed by atoms with Crippen LogP contribution in [0.15, 0.2) is 24.3 Å². The molecule has 100 valence electrons. The van der Waals surface area contributed by atoms with E-state index in [4.69, 9.17) is 10.00 Å². The van der Waals surface area contributed by atoms with Crippen LogP contribution in [0.2, 0.25) is 0 Å². The molecule has 1 atom stereocenters.